The summed E-state index contributed by atoms with van der Waals surface area (Å²) in [5, 5.41) is 0. The number of benzene rings is 2. The Morgan fingerprint density at radius 3 is 1.92 bits per heavy atom. The summed E-state index contributed by atoms with van der Waals surface area (Å²) in [7, 11) is 0. The first kappa shape index (κ1) is 14.9. The van der Waals surface area contributed by atoms with Gasteiger partial charge in [0.1, 0.15) is 0 Å². The third-order valence-electron chi connectivity index (χ3n) is 7.11. The molecule has 1 aromatic heterocycles. The number of nitrogens with zero attached hydrogens (tertiary/aromatic N) is 2. The van der Waals surface area contributed by atoms with Crippen LogP contribution >= 0.6 is 0 Å². The molecule has 4 aliphatic carbocycles. The lowest BCUT2D eigenvalue weighted by Crippen LogP contribution is -2.25. The number of hydrogen-bond donors (Lipinski definition) is 0. The molecule has 3 aromatic rings. The third kappa shape index (κ3) is 2.17. The van der Waals surface area contributed by atoms with Crippen LogP contribution in [0.15, 0.2) is 42.5 Å². The summed E-state index contributed by atoms with van der Waals surface area (Å²) in [6.07, 6.45) is 7.08. The van der Waals surface area contributed by atoms with Crippen LogP contribution in [0.5, 0.6) is 0 Å². The van der Waals surface area contributed by atoms with Gasteiger partial charge in [0.15, 0.2) is 0 Å². The van der Waals surface area contributed by atoms with Crippen LogP contribution in [0, 0.1) is 18.8 Å². The van der Waals surface area contributed by atoms with Gasteiger partial charge in [-0.25, -0.2) is 9.97 Å². The highest BCUT2D eigenvalue weighted by Crippen LogP contribution is 2.56. The first-order valence-corrected chi connectivity index (χ1v) is 10.1. The maximum absolute atomic E-state index is 5.07. The van der Waals surface area contributed by atoms with E-state index in [4.69, 9.17) is 9.97 Å². The number of aromatic nitrogens is 2. The molecule has 0 N–H and O–H groups in total. The molecule has 2 saturated carbocycles. The van der Waals surface area contributed by atoms with Crippen molar-refractivity contribution in [1.29, 1.82) is 0 Å². The third-order valence-corrected chi connectivity index (χ3v) is 7.11. The lowest BCUT2D eigenvalue weighted by atomic mass is 9.67. The molecule has 0 radical (unpaired) electrons. The van der Waals surface area contributed by atoms with Gasteiger partial charge in [-0.3, -0.25) is 0 Å². The van der Waals surface area contributed by atoms with Crippen molar-refractivity contribution in [1.82, 2.24) is 9.97 Å². The summed E-state index contributed by atoms with van der Waals surface area (Å²) in [6, 6.07) is 15.3. The van der Waals surface area contributed by atoms with E-state index < -0.39 is 0 Å². The van der Waals surface area contributed by atoms with Gasteiger partial charge in [-0.1, -0.05) is 30.3 Å². The zero-order chi connectivity index (χ0) is 17.3. The average Bonchev–Trinajstić information content (AvgIpc) is 2.81. The molecule has 1 heterocycles. The Bertz CT molecular complexity index is 994. The van der Waals surface area contributed by atoms with E-state index >= 15 is 0 Å². The molecule has 130 valence electrons. The molecule has 0 saturated heterocycles. The van der Waals surface area contributed by atoms with Gasteiger partial charge in [0.25, 0.3) is 0 Å². The molecule has 7 rings (SSSR count). The van der Waals surface area contributed by atoms with E-state index in [0.717, 1.165) is 51.7 Å². The van der Waals surface area contributed by atoms with E-state index in [1.54, 1.807) is 11.1 Å². The van der Waals surface area contributed by atoms with E-state index in [2.05, 4.69) is 49.4 Å². The largest absolute Gasteiger partial charge is 0.249 e. The Balaban J connectivity index is 1.56. The number of fused-ring (bicyclic) bond motifs is 1. The molecular weight excluding hydrogens is 316 g/mol. The minimum atomic E-state index is 0.758. The van der Waals surface area contributed by atoms with Crippen molar-refractivity contribution < 1.29 is 0 Å². The first-order valence-electron chi connectivity index (χ1n) is 10.1. The Kier molecular flexibility index (Phi) is 3.09. The fourth-order valence-corrected chi connectivity index (χ4v) is 6.16. The summed E-state index contributed by atoms with van der Waals surface area (Å²) in [6.45, 7) is 2.09. The van der Waals surface area contributed by atoms with Crippen molar-refractivity contribution in [2.45, 2.75) is 50.9 Å². The predicted octanol–water partition coefficient (Wildman–Crippen LogP) is 6.00. The van der Waals surface area contributed by atoms with Crippen molar-refractivity contribution in [3.05, 3.63) is 59.3 Å². The molecule has 2 aromatic carbocycles. The van der Waals surface area contributed by atoms with Gasteiger partial charge in [-0.15, -0.1) is 0 Å². The molecule has 0 spiro atoms. The number of hydrogen-bond acceptors (Lipinski definition) is 2. The molecule has 2 nitrogen and oxygen atoms in total. The lowest BCUT2D eigenvalue weighted by molar-refractivity contribution is 0.166. The van der Waals surface area contributed by atoms with Gasteiger partial charge in [-0.2, -0.15) is 0 Å². The van der Waals surface area contributed by atoms with Crippen LogP contribution in [-0.2, 0) is 0 Å². The summed E-state index contributed by atoms with van der Waals surface area (Å²) in [4.78, 5) is 10.0. The molecular formula is C24H24N2. The van der Waals surface area contributed by atoms with Gasteiger partial charge >= 0.3 is 0 Å². The summed E-state index contributed by atoms with van der Waals surface area (Å²) in [5.74, 6) is 3.43. The molecule has 2 atom stereocenters. The van der Waals surface area contributed by atoms with Crippen LogP contribution in [0.25, 0.3) is 22.3 Å². The van der Waals surface area contributed by atoms with Crippen LogP contribution in [-0.4, -0.2) is 9.97 Å². The molecule has 0 amide bonds. The van der Waals surface area contributed by atoms with Crippen LogP contribution in [0.1, 0.15) is 60.8 Å². The van der Waals surface area contributed by atoms with E-state index in [1.165, 1.54) is 32.1 Å². The minimum absolute atomic E-state index is 0.758. The van der Waals surface area contributed by atoms with Crippen LogP contribution < -0.4 is 0 Å². The van der Waals surface area contributed by atoms with E-state index in [0.29, 0.717) is 0 Å². The quantitative estimate of drug-likeness (QED) is 0.543. The first-order chi connectivity index (χ1) is 12.7. The smallest absolute Gasteiger partial charge is 0.0922 e. The average molecular weight is 340 g/mol. The van der Waals surface area contributed by atoms with Gasteiger partial charge < -0.3 is 0 Å². The Morgan fingerprint density at radius 1 is 0.731 bits per heavy atom. The van der Waals surface area contributed by atoms with Crippen LogP contribution in [0.3, 0.4) is 0 Å². The van der Waals surface area contributed by atoms with Gasteiger partial charge in [0.2, 0.25) is 0 Å². The maximum Gasteiger partial charge on any atom is 0.0922 e. The van der Waals surface area contributed by atoms with E-state index in [1.807, 2.05) is 0 Å². The van der Waals surface area contributed by atoms with Crippen molar-refractivity contribution >= 4 is 11.0 Å². The molecule has 2 fully saturated rings. The summed E-state index contributed by atoms with van der Waals surface area (Å²) < 4.78 is 0. The number of rotatable bonds is 1. The second-order valence-electron chi connectivity index (χ2n) is 8.80. The van der Waals surface area contributed by atoms with Gasteiger partial charge in [0, 0.05) is 5.56 Å². The lowest BCUT2D eigenvalue weighted by Gasteiger charge is -2.38. The molecule has 2 heteroatoms. The zero-order valence-corrected chi connectivity index (χ0v) is 15.3. The zero-order valence-electron chi connectivity index (χ0n) is 15.3. The molecule has 2 unspecified atom stereocenters. The summed E-state index contributed by atoms with van der Waals surface area (Å²) >= 11 is 0. The maximum atomic E-state index is 5.07. The highest BCUT2D eigenvalue weighted by atomic mass is 14.8. The Labute approximate surface area is 154 Å². The second-order valence-corrected chi connectivity index (χ2v) is 8.80. The topological polar surface area (TPSA) is 25.8 Å². The molecule has 4 aliphatic rings. The van der Waals surface area contributed by atoms with Crippen LogP contribution in [0.2, 0.25) is 0 Å². The van der Waals surface area contributed by atoms with Crippen molar-refractivity contribution in [2.75, 3.05) is 0 Å². The molecule has 0 aliphatic heterocycles. The predicted molar refractivity (Wildman–Crippen MR) is 105 cm³/mol. The number of aryl methyl sites for hydroxylation is 1. The summed E-state index contributed by atoms with van der Waals surface area (Å²) in [5.41, 5.74) is 8.59. The fraction of sp³-hybridized carbons (Fsp3) is 0.417. The standard InChI is InChI=1S/C24H24N2/c1-14-24(17-5-3-2-4-6-17)26-23-13-21-19-10-15-7-16(11-19)9-18(8-15)20(21)12-22(23)25-14/h2-6,12-13,15-16,18-19H,7-11H2,1H3. The second kappa shape index (κ2) is 5.39. The Hall–Kier alpha value is -2.22. The fourth-order valence-electron chi connectivity index (χ4n) is 6.16. The Morgan fingerprint density at radius 2 is 1.31 bits per heavy atom. The van der Waals surface area contributed by atoms with Crippen LogP contribution in [0.4, 0.5) is 0 Å². The van der Waals surface area contributed by atoms with Gasteiger partial charge in [-0.05, 0) is 86.0 Å². The SMILES string of the molecule is Cc1nc2cc3c(cc2nc1-c1ccccc1)C1CC2CC(CC3C2)C1. The van der Waals surface area contributed by atoms with Crippen molar-refractivity contribution in [2.24, 2.45) is 11.8 Å². The normalized spacial score (nSPS) is 29.0. The minimum Gasteiger partial charge on any atom is -0.249 e. The highest BCUT2D eigenvalue weighted by molar-refractivity contribution is 5.80. The molecule has 4 bridgehead atoms. The van der Waals surface area contributed by atoms with Crippen molar-refractivity contribution in [3.8, 4) is 11.3 Å². The molecule has 26 heavy (non-hydrogen) atoms. The van der Waals surface area contributed by atoms with Gasteiger partial charge in [0.05, 0.1) is 22.4 Å². The van der Waals surface area contributed by atoms with E-state index in [9.17, 15) is 0 Å². The monoisotopic (exact) mass is 340 g/mol. The highest BCUT2D eigenvalue weighted by Gasteiger charge is 2.42. The van der Waals surface area contributed by atoms with Crippen molar-refractivity contribution in [3.63, 3.8) is 0 Å². The van der Waals surface area contributed by atoms with E-state index in [-0.39, 0.29) is 0 Å².